The van der Waals surface area contributed by atoms with Gasteiger partial charge in [-0.1, -0.05) is 36.3 Å². The van der Waals surface area contributed by atoms with Crippen LogP contribution in [0.5, 0.6) is 0 Å². The molecule has 0 aliphatic heterocycles. The van der Waals surface area contributed by atoms with Crippen molar-refractivity contribution in [3.05, 3.63) is 54.2 Å². The Balaban J connectivity index is 1.43. The van der Waals surface area contributed by atoms with Gasteiger partial charge in [0.1, 0.15) is 24.1 Å². The number of rotatable bonds is 4. The topological polar surface area (TPSA) is 92.8 Å². The van der Waals surface area contributed by atoms with Crippen LogP contribution in [0, 0.1) is 11.8 Å². The molecule has 0 atom stereocenters. The fraction of sp³-hybridized carbons (Fsp3) is 0.176. The van der Waals surface area contributed by atoms with Crippen LogP contribution in [0.2, 0.25) is 0 Å². The Bertz CT molecular complexity index is 880. The summed E-state index contributed by atoms with van der Waals surface area (Å²) in [5.41, 5.74) is 2.82. The van der Waals surface area contributed by atoms with Crippen molar-refractivity contribution in [1.82, 2.24) is 25.3 Å². The molecule has 3 rings (SSSR count). The molecule has 24 heavy (non-hydrogen) atoms. The van der Waals surface area contributed by atoms with Gasteiger partial charge in [-0.3, -0.25) is 0 Å². The summed E-state index contributed by atoms with van der Waals surface area (Å²) in [6.07, 6.45) is 3.00. The molecule has 2 heterocycles. The molecule has 3 aromatic rings. The standard InChI is InChI=1S/C17H15N5O2/c23-17(24-10-13-6-2-1-3-7-13)18-9-5-4-8-14-15-16(21-11-19-14)22-12-20-15/h1-3,6-7,11-12H,5,9-10H2,(H,18,23)(H,19,20,21,22). The number of H-pyrrole nitrogens is 1. The zero-order valence-corrected chi connectivity index (χ0v) is 12.8. The highest BCUT2D eigenvalue weighted by molar-refractivity contribution is 5.75. The second-order valence-corrected chi connectivity index (χ2v) is 4.86. The molecule has 0 aliphatic rings. The van der Waals surface area contributed by atoms with Crippen molar-refractivity contribution in [3.8, 4) is 11.8 Å². The fourth-order valence-corrected chi connectivity index (χ4v) is 2.01. The number of ether oxygens (including phenoxy) is 1. The first kappa shape index (κ1) is 15.5. The summed E-state index contributed by atoms with van der Waals surface area (Å²) < 4.78 is 5.11. The van der Waals surface area contributed by atoms with Gasteiger partial charge in [0, 0.05) is 13.0 Å². The number of carbonyl (C=O) groups is 1. The van der Waals surface area contributed by atoms with E-state index in [4.69, 9.17) is 4.74 Å². The highest BCUT2D eigenvalue weighted by Gasteiger charge is 2.03. The fourth-order valence-electron chi connectivity index (χ4n) is 2.01. The third kappa shape index (κ3) is 4.08. The molecule has 7 heteroatoms. The number of imidazole rings is 1. The van der Waals surface area contributed by atoms with Crippen LogP contribution in [0.1, 0.15) is 17.7 Å². The molecule has 0 saturated carbocycles. The molecule has 0 spiro atoms. The molecular weight excluding hydrogens is 306 g/mol. The Morgan fingerprint density at radius 3 is 2.96 bits per heavy atom. The maximum Gasteiger partial charge on any atom is 0.407 e. The lowest BCUT2D eigenvalue weighted by molar-refractivity contribution is 0.140. The van der Waals surface area contributed by atoms with Gasteiger partial charge in [0.15, 0.2) is 5.65 Å². The largest absolute Gasteiger partial charge is 0.445 e. The van der Waals surface area contributed by atoms with E-state index in [1.54, 1.807) is 6.33 Å². The second-order valence-electron chi connectivity index (χ2n) is 4.86. The Morgan fingerprint density at radius 2 is 2.08 bits per heavy atom. The summed E-state index contributed by atoms with van der Waals surface area (Å²) >= 11 is 0. The van der Waals surface area contributed by atoms with E-state index in [1.165, 1.54) is 6.33 Å². The molecule has 120 valence electrons. The second kappa shape index (κ2) is 7.74. The van der Waals surface area contributed by atoms with Crippen molar-refractivity contribution in [2.45, 2.75) is 13.0 Å². The van der Waals surface area contributed by atoms with E-state index in [-0.39, 0.29) is 6.61 Å². The summed E-state index contributed by atoms with van der Waals surface area (Å²) in [7, 11) is 0. The van der Waals surface area contributed by atoms with Crippen LogP contribution >= 0.6 is 0 Å². The summed E-state index contributed by atoms with van der Waals surface area (Å²) in [5.74, 6) is 5.90. The third-order valence-electron chi connectivity index (χ3n) is 3.16. The number of carbonyl (C=O) groups excluding carboxylic acids is 1. The molecule has 0 unspecified atom stereocenters. The lowest BCUT2D eigenvalue weighted by Crippen LogP contribution is -2.24. The number of hydrogen-bond acceptors (Lipinski definition) is 5. The Labute approximate surface area is 138 Å². The van der Waals surface area contributed by atoms with Crippen LogP contribution in [-0.2, 0) is 11.3 Å². The van der Waals surface area contributed by atoms with E-state index < -0.39 is 6.09 Å². The molecule has 0 bridgehead atoms. The number of aromatic amines is 1. The van der Waals surface area contributed by atoms with Crippen molar-refractivity contribution in [1.29, 1.82) is 0 Å². The lowest BCUT2D eigenvalue weighted by atomic mass is 10.2. The van der Waals surface area contributed by atoms with Gasteiger partial charge >= 0.3 is 6.09 Å². The molecule has 0 radical (unpaired) electrons. The number of amides is 1. The van der Waals surface area contributed by atoms with E-state index in [0.717, 1.165) is 5.56 Å². The normalized spacial score (nSPS) is 10.0. The Hall–Kier alpha value is -3.40. The first-order valence-corrected chi connectivity index (χ1v) is 7.40. The maximum absolute atomic E-state index is 11.6. The summed E-state index contributed by atoms with van der Waals surface area (Å²) in [6, 6.07) is 9.51. The predicted octanol–water partition coefficient (Wildman–Crippen LogP) is 2.02. The first-order valence-electron chi connectivity index (χ1n) is 7.40. The van der Waals surface area contributed by atoms with Gasteiger partial charge < -0.3 is 15.0 Å². The van der Waals surface area contributed by atoms with Crippen LogP contribution in [0.15, 0.2) is 43.0 Å². The molecule has 0 fully saturated rings. The molecule has 1 amide bonds. The van der Waals surface area contributed by atoms with E-state index in [0.29, 0.717) is 29.8 Å². The molecule has 2 aromatic heterocycles. The predicted molar refractivity (Wildman–Crippen MR) is 87.8 cm³/mol. The zero-order chi connectivity index (χ0) is 16.6. The van der Waals surface area contributed by atoms with E-state index in [1.807, 2.05) is 30.3 Å². The number of fused-ring (bicyclic) bond motifs is 1. The quantitative estimate of drug-likeness (QED) is 0.566. The highest BCUT2D eigenvalue weighted by Crippen LogP contribution is 2.07. The van der Waals surface area contributed by atoms with Crippen LogP contribution in [0.25, 0.3) is 11.2 Å². The van der Waals surface area contributed by atoms with Crippen LogP contribution in [0.3, 0.4) is 0 Å². The van der Waals surface area contributed by atoms with Gasteiger partial charge in [-0.2, -0.15) is 0 Å². The SMILES string of the molecule is O=C(NCCC#Cc1ncnc2nc[nH]c12)OCc1ccccc1. The number of benzene rings is 1. The molecule has 7 nitrogen and oxygen atoms in total. The van der Waals surface area contributed by atoms with E-state index in [2.05, 4.69) is 37.1 Å². The van der Waals surface area contributed by atoms with E-state index >= 15 is 0 Å². The minimum absolute atomic E-state index is 0.247. The van der Waals surface area contributed by atoms with Crippen molar-refractivity contribution >= 4 is 17.3 Å². The minimum Gasteiger partial charge on any atom is -0.445 e. The molecule has 1 aromatic carbocycles. The number of nitrogens with zero attached hydrogens (tertiary/aromatic N) is 3. The summed E-state index contributed by atoms with van der Waals surface area (Å²) in [5, 5.41) is 2.65. The number of aromatic nitrogens is 4. The average Bonchev–Trinajstić information content (AvgIpc) is 3.10. The van der Waals surface area contributed by atoms with Crippen molar-refractivity contribution < 1.29 is 9.53 Å². The minimum atomic E-state index is -0.460. The smallest absolute Gasteiger partial charge is 0.407 e. The first-order chi connectivity index (χ1) is 11.8. The molecule has 0 aliphatic carbocycles. The maximum atomic E-state index is 11.6. The monoisotopic (exact) mass is 321 g/mol. The van der Waals surface area contributed by atoms with Crippen LogP contribution in [-0.4, -0.2) is 32.6 Å². The van der Waals surface area contributed by atoms with Crippen molar-refractivity contribution in [3.63, 3.8) is 0 Å². The van der Waals surface area contributed by atoms with Gasteiger partial charge in [-0.05, 0) is 11.5 Å². The summed E-state index contributed by atoms with van der Waals surface area (Å²) in [6.45, 7) is 0.648. The summed E-state index contributed by atoms with van der Waals surface area (Å²) in [4.78, 5) is 26.7. The van der Waals surface area contributed by atoms with Gasteiger partial charge in [0.2, 0.25) is 0 Å². The van der Waals surface area contributed by atoms with Gasteiger partial charge in [-0.25, -0.2) is 19.7 Å². The zero-order valence-electron chi connectivity index (χ0n) is 12.8. The number of alkyl carbamates (subject to hydrolysis) is 1. The molecule has 2 N–H and O–H groups in total. The van der Waals surface area contributed by atoms with Crippen LogP contribution < -0.4 is 5.32 Å². The third-order valence-corrected chi connectivity index (χ3v) is 3.16. The highest BCUT2D eigenvalue weighted by atomic mass is 16.5. The molecular formula is C17H15N5O2. The lowest BCUT2D eigenvalue weighted by Gasteiger charge is -2.05. The average molecular weight is 321 g/mol. The Kier molecular flexibility index (Phi) is 5.00. The molecule has 0 saturated heterocycles. The van der Waals surface area contributed by atoms with Crippen molar-refractivity contribution in [2.24, 2.45) is 0 Å². The van der Waals surface area contributed by atoms with E-state index in [9.17, 15) is 4.79 Å². The number of hydrogen-bond donors (Lipinski definition) is 2. The van der Waals surface area contributed by atoms with Gasteiger partial charge in [-0.15, -0.1) is 0 Å². The number of nitrogens with one attached hydrogen (secondary N) is 2. The van der Waals surface area contributed by atoms with Crippen LogP contribution in [0.4, 0.5) is 4.79 Å². The van der Waals surface area contributed by atoms with Gasteiger partial charge in [0.05, 0.1) is 6.33 Å². The van der Waals surface area contributed by atoms with Gasteiger partial charge in [0.25, 0.3) is 0 Å². The Morgan fingerprint density at radius 1 is 1.21 bits per heavy atom. The van der Waals surface area contributed by atoms with Crippen molar-refractivity contribution in [2.75, 3.05) is 6.54 Å².